The molecule has 0 bridgehead atoms. The molecule has 0 aliphatic carbocycles. The van der Waals surface area contributed by atoms with Gasteiger partial charge in [0.2, 0.25) is 5.95 Å². The fourth-order valence-electron chi connectivity index (χ4n) is 1.77. The van der Waals surface area contributed by atoms with Gasteiger partial charge in [-0.1, -0.05) is 57.0 Å². The molecule has 0 aliphatic rings. The number of nitrogens with zero attached hydrogens (tertiary/aromatic N) is 4. The predicted octanol–water partition coefficient (Wildman–Crippen LogP) is 2.40. The Kier molecular flexibility index (Phi) is 6.53. The molecule has 1 rings (SSSR count). The van der Waals surface area contributed by atoms with E-state index in [1.165, 1.54) is 44.9 Å². The average Bonchev–Trinajstić information content (AvgIpc) is 2.68. The van der Waals surface area contributed by atoms with E-state index < -0.39 is 0 Å². The fraction of sp³-hybridized carbons (Fsp3) is 0.909. The van der Waals surface area contributed by atoms with Crippen molar-refractivity contribution in [2.24, 2.45) is 0 Å². The first kappa shape index (κ1) is 12.9. The second-order valence-corrected chi connectivity index (χ2v) is 4.24. The van der Waals surface area contributed by atoms with E-state index in [0.717, 1.165) is 13.0 Å². The molecule has 0 aliphatic heterocycles. The summed E-state index contributed by atoms with van der Waals surface area (Å²) in [5, 5.41) is 11.0. The standard InChI is InChI=1S/C11H23N5/c1-2-3-4-5-6-7-8-9-10-16-11(12)13-14-15-16/h2-10H2,1H3,(H2,12,13,15). The van der Waals surface area contributed by atoms with Crippen LogP contribution < -0.4 is 5.73 Å². The molecule has 0 radical (unpaired) electrons. The van der Waals surface area contributed by atoms with Crippen molar-refractivity contribution in [1.82, 2.24) is 20.2 Å². The number of hydrogen-bond donors (Lipinski definition) is 1. The van der Waals surface area contributed by atoms with E-state index in [-0.39, 0.29) is 0 Å². The zero-order chi connectivity index (χ0) is 11.6. The van der Waals surface area contributed by atoms with Gasteiger partial charge in [-0.15, -0.1) is 0 Å². The number of aryl methyl sites for hydroxylation is 1. The fourth-order valence-corrected chi connectivity index (χ4v) is 1.77. The maximum Gasteiger partial charge on any atom is 0.240 e. The van der Waals surface area contributed by atoms with Crippen molar-refractivity contribution in [2.45, 2.75) is 64.8 Å². The Bertz CT molecular complexity index is 271. The number of nitrogens with two attached hydrogens (primary N) is 1. The lowest BCUT2D eigenvalue weighted by Gasteiger charge is -2.02. The molecule has 0 aromatic carbocycles. The summed E-state index contributed by atoms with van der Waals surface area (Å²) in [6, 6.07) is 0. The number of tetrazole rings is 1. The van der Waals surface area contributed by atoms with Crippen LogP contribution >= 0.6 is 0 Å². The molecule has 5 heteroatoms. The van der Waals surface area contributed by atoms with Crippen molar-refractivity contribution >= 4 is 5.95 Å². The lowest BCUT2D eigenvalue weighted by atomic mass is 10.1. The molecular weight excluding hydrogens is 202 g/mol. The molecule has 1 heterocycles. The third-order valence-electron chi connectivity index (χ3n) is 2.78. The number of hydrogen-bond acceptors (Lipinski definition) is 4. The minimum atomic E-state index is 0.419. The highest BCUT2D eigenvalue weighted by atomic mass is 15.6. The van der Waals surface area contributed by atoms with Crippen LogP contribution in [0.1, 0.15) is 58.3 Å². The van der Waals surface area contributed by atoms with Crippen molar-refractivity contribution in [3.05, 3.63) is 0 Å². The number of nitrogen functional groups attached to an aromatic ring is 1. The summed E-state index contributed by atoms with van der Waals surface area (Å²) in [7, 11) is 0. The summed E-state index contributed by atoms with van der Waals surface area (Å²) in [6.45, 7) is 3.09. The van der Waals surface area contributed by atoms with Crippen LogP contribution in [0, 0.1) is 0 Å². The van der Waals surface area contributed by atoms with Crippen molar-refractivity contribution in [3.8, 4) is 0 Å². The van der Waals surface area contributed by atoms with Gasteiger partial charge in [0.1, 0.15) is 0 Å². The molecule has 16 heavy (non-hydrogen) atoms. The van der Waals surface area contributed by atoms with Crippen LogP contribution in [0.2, 0.25) is 0 Å². The molecule has 0 spiro atoms. The molecule has 0 amide bonds. The number of aromatic nitrogens is 4. The Balaban J connectivity index is 1.91. The molecule has 0 atom stereocenters. The van der Waals surface area contributed by atoms with Crippen LogP contribution in [-0.2, 0) is 6.54 Å². The molecule has 5 nitrogen and oxygen atoms in total. The predicted molar refractivity (Wildman–Crippen MR) is 64.8 cm³/mol. The average molecular weight is 225 g/mol. The highest BCUT2D eigenvalue weighted by Gasteiger charge is 1.99. The Labute approximate surface area is 97.4 Å². The second-order valence-electron chi connectivity index (χ2n) is 4.24. The molecule has 0 saturated carbocycles. The summed E-state index contributed by atoms with van der Waals surface area (Å²) in [6.07, 6.45) is 10.5. The first-order valence-corrected chi connectivity index (χ1v) is 6.36. The van der Waals surface area contributed by atoms with Gasteiger partial charge in [-0.05, 0) is 16.8 Å². The van der Waals surface area contributed by atoms with Crippen LogP contribution in [0.25, 0.3) is 0 Å². The molecule has 0 unspecified atom stereocenters. The summed E-state index contributed by atoms with van der Waals surface area (Å²) < 4.78 is 1.66. The Morgan fingerprint density at radius 2 is 1.62 bits per heavy atom. The van der Waals surface area contributed by atoms with E-state index in [1.807, 2.05) is 0 Å². The summed E-state index contributed by atoms with van der Waals surface area (Å²) in [5.74, 6) is 0.419. The third-order valence-corrected chi connectivity index (χ3v) is 2.78. The first-order valence-electron chi connectivity index (χ1n) is 6.36. The summed E-state index contributed by atoms with van der Waals surface area (Å²) >= 11 is 0. The lowest BCUT2D eigenvalue weighted by Crippen LogP contribution is -2.05. The molecule has 92 valence electrons. The van der Waals surface area contributed by atoms with Crippen molar-refractivity contribution < 1.29 is 0 Å². The van der Waals surface area contributed by atoms with E-state index in [2.05, 4.69) is 22.4 Å². The van der Waals surface area contributed by atoms with Gasteiger partial charge in [-0.2, -0.15) is 0 Å². The Morgan fingerprint density at radius 3 is 2.19 bits per heavy atom. The third kappa shape index (κ3) is 5.09. The highest BCUT2D eigenvalue weighted by Crippen LogP contribution is 2.09. The van der Waals surface area contributed by atoms with Gasteiger partial charge >= 0.3 is 0 Å². The molecule has 1 aromatic heterocycles. The first-order chi connectivity index (χ1) is 7.84. The maximum atomic E-state index is 5.56. The van der Waals surface area contributed by atoms with Crippen molar-refractivity contribution in [3.63, 3.8) is 0 Å². The zero-order valence-corrected chi connectivity index (χ0v) is 10.2. The van der Waals surface area contributed by atoms with Crippen LogP contribution in [0.4, 0.5) is 5.95 Å². The minimum absolute atomic E-state index is 0.419. The quantitative estimate of drug-likeness (QED) is 0.655. The number of anilines is 1. The van der Waals surface area contributed by atoms with Gasteiger partial charge < -0.3 is 5.73 Å². The molecule has 1 aromatic rings. The zero-order valence-electron chi connectivity index (χ0n) is 10.2. The largest absolute Gasteiger partial charge is 0.367 e. The summed E-state index contributed by atoms with van der Waals surface area (Å²) in [4.78, 5) is 0. The SMILES string of the molecule is CCCCCCCCCCn1nnnc1N. The van der Waals surface area contributed by atoms with Gasteiger partial charge in [0.15, 0.2) is 0 Å². The maximum absolute atomic E-state index is 5.56. The van der Waals surface area contributed by atoms with Gasteiger partial charge in [-0.25, -0.2) is 4.68 Å². The van der Waals surface area contributed by atoms with E-state index in [9.17, 15) is 0 Å². The van der Waals surface area contributed by atoms with Crippen molar-refractivity contribution in [2.75, 3.05) is 5.73 Å². The molecular formula is C11H23N5. The smallest absolute Gasteiger partial charge is 0.240 e. The van der Waals surface area contributed by atoms with Gasteiger partial charge in [0, 0.05) is 6.54 Å². The van der Waals surface area contributed by atoms with Gasteiger partial charge in [0.25, 0.3) is 0 Å². The van der Waals surface area contributed by atoms with Gasteiger partial charge in [-0.3, -0.25) is 0 Å². The van der Waals surface area contributed by atoms with Gasteiger partial charge in [0.05, 0.1) is 0 Å². The van der Waals surface area contributed by atoms with Crippen molar-refractivity contribution in [1.29, 1.82) is 0 Å². The van der Waals surface area contributed by atoms with E-state index >= 15 is 0 Å². The van der Waals surface area contributed by atoms with E-state index in [1.54, 1.807) is 4.68 Å². The van der Waals surface area contributed by atoms with Crippen LogP contribution in [-0.4, -0.2) is 20.2 Å². The Hall–Kier alpha value is -1.13. The topological polar surface area (TPSA) is 69.6 Å². The second kappa shape index (κ2) is 8.07. The van der Waals surface area contributed by atoms with Crippen LogP contribution in [0.5, 0.6) is 0 Å². The van der Waals surface area contributed by atoms with Crippen LogP contribution in [0.3, 0.4) is 0 Å². The summed E-state index contributed by atoms with van der Waals surface area (Å²) in [5.41, 5.74) is 5.56. The number of unbranched alkanes of at least 4 members (excludes halogenated alkanes) is 7. The lowest BCUT2D eigenvalue weighted by molar-refractivity contribution is 0.514. The normalized spacial score (nSPS) is 10.8. The molecule has 0 fully saturated rings. The minimum Gasteiger partial charge on any atom is -0.367 e. The Morgan fingerprint density at radius 1 is 1.00 bits per heavy atom. The van der Waals surface area contributed by atoms with Crippen LogP contribution in [0.15, 0.2) is 0 Å². The van der Waals surface area contributed by atoms with E-state index in [4.69, 9.17) is 5.73 Å². The molecule has 2 N–H and O–H groups in total. The highest BCUT2D eigenvalue weighted by molar-refractivity contribution is 5.09. The van der Waals surface area contributed by atoms with E-state index in [0.29, 0.717) is 5.95 Å². The monoisotopic (exact) mass is 225 g/mol. The number of rotatable bonds is 9. The molecule has 0 saturated heterocycles.